The molecule has 0 spiro atoms. The number of fused-ring (bicyclic) bond motifs is 1. The van der Waals surface area contributed by atoms with Crippen LogP contribution in [0.2, 0.25) is 0 Å². The van der Waals surface area contributed by atoms with Gasteiger partial charge in [-0.25, -0.2) is 4.39 Å². The zero-order valence-corrected chi connectivity index (χ0v) is 20.9. The van der Waals surface area contributed by atoms with Crippen LogP contribution >= 0.6 is 0 Å². The van der Waals surface area contributed by atoms with Crippen molar-refractivity contribution in [2.75, 3.05) is 0 Å². The van der Waals surface area contributed by atoms with Crippen molar-refractivity contribution in [1.82, 2.24) is 4.57 Å². The summed E-state index contributed by atoms with van der Waals surface area (Å²) in [7, 11) is 0. The number of hydrogen-bond acceptors (Lipinski definition) is 5. The van der Waals surface area contributed by atoms with Crippen molar-refractivity contribution in [3.05, 3.63) is 76.5 Å². The molecular weight excluding hydrogens is 436 g/mol. The second-order valence-corrected chi connectivity index (χ2v) is 7.97. The van der Waals surface area contributed by atoms with Gasteiger partial charge in [-0.1, -0.05) is 36.4 Å². The topological polar surface area (TPSA) is 103 Å². The number of nitrogens with zero attached hydrogens (tertiary/aromatic N) is 1. The van der Waals surface area contributed by atoms with Crippen LogP contribution in [0.15, 0.2) is 59.4 Å². The van der Waals surface area contributed by atoms with Gasteiger partial charge >= 0.3 is 29.6 Å². The van der Waals surface area contributed by atoms with E-state index < -0.39 is 24.6 Å². The molecule has 0 aliphatic rings. The van der Waals surface area contributed by atoms with E-state index in [0.29, 0.717) is 27.6 Å². The minimum Gasteiger partial charge on any atom is -0.550 e. The molecule has 1 aromatic heterocycles. The SMILES string of the molecule is CC(C)n1c(C=C[C@@H](O)C[C@@H](O)CC(=O)[O-])c(-c2ccc(F)cc2)c2ccccc2c1=O.[Na+]. The molecule has 3 rings (SSSR count). The third-order valence-corrected chi connectivity index (χ3v) is 5.20. The summed E-state index contributed by atoms with van der Waals surface area (Å²) in [6, 6.07) is 12.9. The molecule has 1 heterocycles. The number of benzene rings is 2. The van der Waals surface area contributed by atoms with Gasteiger partial charge in [0.2, 0.25) is 0 Å². The molecule has 33 heavy (non-hydrogen) atoms. The second-order valence-electron chi connectivity index (χ2n) is 7.97. The first-order chi connectivity index (χ1) is 15.2. The van der Waals surface area contributed by atoms with Crippen molar-refractivity contribution in [3.63, 3.8) is 0 Å². The number of carboxylic acid groups (broad SMARTS) is 1. The standard InChI is InChI=1S/C25H26FNO5.Na/c1-15(2)27-22(12-11-18(28)13-19(29)14-23(30)31)24(16-7-9-17(26)10-8-16)20-5-3-4-6-21(20)25(27)32;/h3-12,15,18-19,28-29H,13-14H2,1-2H3,(H,30,31);/q;+1/p-1/t18-,19-;/m1./s1. The van der Waals surface area contributed by atoms with Crippen LogP contribution in [-0.4, -0.2) is 33.0 Å². The Bertz CT molecular complexity index is 1200. The number of pyridine rings is 1. The first kappa shape index (κ1) is 27.0. The van der Waals surface area contributed by atoms with Crippen LogP contribution in [0.5, 0.6) is 0 Å². The number of aliphatic carboxylic acids is 1. The molecule has 6 nitrogen and oxygen atoms in total. The fraction of sp³-hybridized carbons (Fsp3) is 0.280. The molecule has 0 bridgehead atoms. The fourth-order valence-corrected chi connectivity index (χ4v) is 3.82. The van der Waals surface area contributed by atoms with Crippen LogP contribution in [0.3, 0.4) is 0 Å². The summed E-state index contributed by atoms with van der Waals surface area (Å²) >= 11 is 0. The van der Waals surface area contributed by atoms with Crippen LogP contribution in [0.25, 0.3) is 28.0 Å². The minimum absolute atomic E-state index is 0. The first-order valence-corrected chi connectivity index (χ1v) is 10.4. The molecule has 0 radical (unpaired) electrons. The van der Waals surface area contributed by atoms with Gasteiger partial charge in [0.25, 0.3) is 5.56 Å². The quantitative estimate of drug-likeness (QED) is 0.447. The van der Waals surface area contributed by atoms with Gasteiger partial charge in [-0.15, -0.1) is 0 Å². The van der Waals surface area contributed by atoms with E-state index in [1.54, 1.807) is 34.9 Å². The summed E-state index contributed by atoms with van der Waals surface area (Å²) in [6.07, 6.45) is -0.196. The molecule has 0 unspecified atom stereocenters. The van der Waals surface area contributed by atoms with Crippen LogP contribution in [0.4, 0.5) is 4.39 Å². The number of carbonyl (C=O) groups is 1. The van der Waals surface area contributed by atoms with E-state index in [1.165, 1.54) is 18.2 Å². The van der Waals surface area contributed by atoms with Crippen molar-refractivity contribution >= 4 is 22.8 Å². The molecule has 0 saturated heterocycles. The average molecular weight is 461 g/mol. The Hall–Kier alpha value is -2.29. The van der Waals surface area contributed by atoms with E-state index in [4.69, 9.17) is 0 Å². The average Bonchev–Trinajstić information content (AvgIpc) is 2.72. The van der Waals surface area contributed by atoms with E-state index in [-0.39, 0.29) is 53.4 Å². The molecule has 168 valence electrons. The monoisotopic (exact) mass is 461 g/mol. The van der Waals surface area contributed by atoms with Gasteiger partial charge in [-0.2, -0.15) is 0 Å². The van der Waals surface area contributed by atoms with Crippen LogP contribution < -0.4 is 40.2 Å². The molecule has 3 aromatic rings. The second kappa shape index (κ2) is 11.7. The zero-order chi connectivity index (χ0) is 23.4. The van der Waals surface area contributed by atoms with Crippen molar-refractivity contribution < 1.29 is 54.1 Å². The Balaban J connectivity index is 0.00000385. The van der Waals surface area contributed by atoms with Gasteiger partial charge in [-0.3, -0.25) is 4.79 Å². The zero-order valence-electron chi connectivity index (χ0n) is 18.9. The summed E-state index contributed by atoms with van der Waals surface area (Å²) < 4.78 is 15.2. The van der Waals surface area contributed by atoms with Crippen LogP contribution in [0.1, 0.15) is 38.4 Å². The molecule has 8 heteroatoms. The van der Waals surface area contributed by atoms with Gasteiger partial charge in [0.05, 0.1) is 17.9 Å². The third kappa shape index (κ3) is 6.40. The number of aromatic nitrogens is 1. The summed E-state index contributed by atoms with van der Waals surface area (Å²) in [4.78, 5) is 23.9. The number of carboxylic acids is 1. The number of rotatable bonds is 8. The molecule has 0 amide bonds. The van der Waals surface area contributed by atoms with Crippen LogP contribution in [0, 0.1) is 5.82 Å². The maximum absolute atomic E-state index is 13.6. The van der Waals surface area contributed by atoms with Crippen molar-refractivity contribution in [2.24, 2.45) is 0 Å². The minimum atomic E-state index is -1.41. The summed E-state index contributed by atoms with van der Waals surface area (Å²) in [5.41, 5.74) is 1.71. The molecule has 0 aliphatic heterocycles. The molecule has 2 atom stereocenters. The van der Waals surface area contributed by atoms with E-state index in [9.17, 15) is 29.3 Å². The number of aliphatic hydroxyl groups is 2. The Labute approximate surface area is 213 Å². The van der Waals surface area contributed by atoms with Gasteiger partial charge in [0.1, 0.15) is 5.82 Å². The van der Waals surface area contributed by atoms with Gasteiger partial charge in [-0.05, 0) is 49.1 Å². The van der Waals surface area contributed by atoms with Gasteiger partial charge in [0.15, 0.2) is 0 Å². The summed E-state index contributed by atoms with van der Waals surface area (Å²) in [5, 5.41) is 31.9. The molecular formula is C25H25FNNaO5. The molecule has 0 fully saturated rings. The molecule has 2 aromatic carbocycles. The smallest absolute Gasteiger partial charge is 0.550 e. The summed E-state index contributed by atoms with van der Waals surface area (Å²) in [5.74, 6) is -1.79. The van der Waals surface area contributed by atoms with E-state index in [1.807, 2.05) is 26.0 Å². The molecule has 2 N–H and O–H groups in total. The normalized spacial score (nSPS) is 13.3. The summed E-state index contributed by atoms with van der Waals surface area (Å²) in [6.45, 7) is 3.73. The Morgan fingerprint density at radius 3 is 2.27 bits per heavy atom. The molecule has 0 aliphatic carbocycles. The Kier molecular flexibility index (Phi) is 9.57. The van der Waals surface area contributed by atoms with E-state index in [0.717, 1.165) is 0 Å². The van der Waals surface area contributed by atoms with Crippen molar-refractivity contribution in [2.45, 2.75) is 44.9 Å². The van der Waals surface area contributed by atoms with Gasteiger partial charge < -0.3 is 24.7 Å². The largest absolute Gasteiger partial charge is 1.00 e. The maximum atomic E-state index is 13.6. The van der Waals surface area contributed by atoms with Crippen LogP contribution in [-0.2, 0) is 4.79 Å². The number of halogens is 1. The fourth-order valence-electron chi connectivity index (χ4n) is 3.82. The molecule has 0 saturated carbocycles. The van der Waals surface area contributed by atoms with Crippen molar-refractivity contribution in [3.8, 4) is 11.1 Å². The third-order valence-electron chi connectivity index (χ3n) is 5.20. The first-order valence-electron chi connectivity index (χ1n) is 10.4. The maximum Gasteiger partial charge on any atom is 1.00 e. The predicted octanol–water partition coefficient (Wildman–Crippen LogP) is -0.342. The number of hydrogen-bond donors (Lipinski definition) is 2. The van der Waals surface area contributed by atoms with Crippen molar-refractivity contribution in [1.29, 1.82) is 0 Å². The Morgan fingerprint density at radius 1 is 1.09 bits per heavy atom. The van der Waals surface area contributed by atoms with E-state index in [2.05, 4.69) is 0 Å². The number of aliphatic hydroxyl groups excluding tert-OH is 2. The number of carbonyl (C=O) groups excluding carboxylic acids is 1. The van der Waals surface area contributed by atoms with E-state index >= 15 is 0 Å². The predicted molar refractivity (Wildman–Crippen MR) is 119 cm³/mol. The Morgan fingerprint density at radius 2 is 1.70 bits per heavy atom. The van der Waals surface area contributed by atoms with Gasteiger partial charge in [0, 0.05) is 35.8 Å².